The largest absolute Gasteiger partial charge is 0.488 e. The molecule has 0 amide bonds. The normalized spacial score (nSPS) is 12.2. The van der Waals surface area contributed by atoms with Gasteiger partial charge in [-0.2, -0.15) is 0 Å². The van der Waals surface area contributed by atoms with E-state index in [1.165, 1.54) is 19.5 Å². The van der Waals surface area contributed by atoms with Gasteiger partial charge in [0.05, 0.1) is 23.0 Å². The van der Waals surface area contributed by atoms with Gasteiger partial charge in [0.15, 0.2) is 11.5 Å². The fraction of sp³-hybridized carbons (Fsp3) is 0.300. The highest BCUT2D eigenvalue weighted by atomic mass is 32.1. The molecule has 0 spiro atoms. The van der Waals surface area contributed by atoms with Crippen molar-refractivity contribution in [3.05, 3.63) is 55.9 Å². The van der Waals surface area contributed by atoms with Crippen LogP contribution in [-0.2, 0) is 9.47 Å². The van der Waals surface area contributed by atoms with Crippen molar-refractivity contribution in [2.75, 3.05) is 13.2 Å². The van der Waals surface area contributed by atoms with Gasteiger partial charge in [-0.15, -0.1) is 34.0 Å². The van der Waals surface area contributed by atoms with Crippen LogP contribution in [0.4, 0.5) is 0 Å². The third-order valence-corrected chi connectivity index (χ3v) is 6.84. The van der Waals surface area contributed by atoms with E-state index in [0.29, 0.717) is 13.2 Å². The summed E-state index contributed by atoms with van der Waals surface area (Å²) in [4.78, 5) is 7.39. The predicted molar refractivity (Wildman–Crippen MR) is 111 cm³/mol. The number of ether oxygens (including phenoxy) is 2. The van der Waals surface area contributed by atoms with E-state index in [4.69, 9.17) is 9.47 Å². The quantitative estimate of drug-likeness (QED) is 0.402. The summed E-state index contributed by atoms with van der Waals surface area (Å²) < 4.78 is 12.0. The Morgan fingerprint density at radius 3 is 1.68 bits per heavy atom. The number of rotatable bonds is 7. The number of hydrogen-bond donors (Lipinski definition) is 0. The van der Waals surface area contributed by atoms with Crippen LogP contribution < -0.4 is 0 Å². The standard InChI is InChI=1S/C20H22O2S3/c1-5-21-19(17-10-8-14(4)24-17)20(22-6-2)18-12-11-16(25-18)15-9-7-13(3)23-15/h7-12H,5-6H2,1-4H3/b20-19+. The summed E-state index contributed by atoms with van der Waals surface area (Å²) in [6, 6.07) is 12.9. The Kier molecular flexibility index (Phi) is 5.99. The van der Waals surface area contributed by atoms with Crippen LogP contribution >= 0.6 is 34.0 Å². The number of thiophene rings is 3. The van der Waals surface area contributed by atoms with Crippen molar-refractivity contribution < 1.29 is 9.47 Å². The molecule has 0 radical (unpaired) electrons. The molecule has 0 aromatic carbocycles. The van der Waals surface area contributed by atoms with E-state index in [1.54, 1.807) is 22.7 Å². The van der Waals surface area contributed by atoms with E-state index in [2.05, 4.69) is 50.2 Å². The van der Waals surface area contributed by atoms with Crippen molar-refractivity contribution in [3.8, 4) is 9.75 Å². The topological polar surface area (TPSA) is 18.5 Å². The molecule has 0 fully saturated rings. The van der Waals surface area contributed by atoms with E-state index < -0.39 is 0 Å². The second kappa shape index (κ2) is 8.21. The van der Waals surface area contributed by atoms with Gasteiger partial charge in [-0.3, -0.25) is 0 Å². The van der Waals surface area contributed by atoms with Gasteiger partial charge in [0.2, 0.25) is 0 Å². The summed E-state index contributed by atoms with van der Waals surface area (Å²) >= 11 is 5.31. The average molecular weight is 391 g/mol. The van der Waals surface area contributed by atoms with Crippen LogP contribution in [0.15, 0.2) is 36.4 Å². The molecule has 25 heavy (non-hydrogen) atoms. The van der Waals surface area contributed by atoms with Crippen molar-refractivity contribution >= 4 is 45.5 Å². The fourth-order valence-electron chi connectivity index (χ4n) is 2.50. The Bertz CT molecular complexity index is 867. The second-order valence-corrected chi connectivity index (χ2v) is 9.17. The summed E-state index contributed by atoms with van der Waals surface area (Å²) in [5.74, 6) is 1.69. The first-order valence-electron chi connectivity index (χ1n) is 8.36. The molecule has 3 heterocycles. The average Bonchev–Trinajstić information content (AvgIpc) is 3.31. The molecule has 0 atom stereocenters. The molecular formula is C20H22O2S3. The highest BCUT2D eigenvalue weighted by molar-refractivity contribution is 7.22. The lowest BCUT2D eigenvalue weighted by Gasteiger charge is -2.14. The van der Waals surface area contributed by atoms with Gasteiger partial charge in [-0.05, 0) is 64.1 Å². The smallest absolute Gasteiger partial charge is 0.179 e. The predicted octanol–water partition coefficient (Wildman–Crippen LogP) is 7.05. The highest BCUT2D eigenvalue weighted by Gasteiger charge is 2.18. The molecule has 0 bridgehead atoms. The third kappa shape index (κ3) is 4.17. The first-order valence-corrected chi connectivity index (χ1v) is 10.8. The van der Waals surface area contributed by atoms with Crippen LogP contribution in [0.1, 0.15) is 33.4 Å². The molecule has 0 aliphatic rings. The fourth-order valence-corrected chi connectivity index (χ4v) is 5.32. The molecule has 3 aromatic rings. The second-order valence-electron chi connectivity index (χ2n) is 5.51. The lowest BCUT2D eigenvalue weighted by Crippen LogP contribution is -1.98. The zero-order valence-electron chi connectivity index (χ0n) is 14.9. The zero-order chi connectivity index (χ0) is 17.8. The maximum absolute atomic E-state index is 6.04. The monoisotopic (exact) mass is 390 g/mol. The van der Waals surface area contributed by atoms with E-state index in [9.17, 15) is 0 Å². The van der Waals surface area contributed by atoms with Crippen molar-refractivity contribution in [1.29, 1.82) is 0 Å². The van der Waals surface area contributed by atoms with Gasteiger partial charge in [-0.1, -0.05) is 0 Å². The van der Waals surface area contributed by atoms with Gasteiger partial charge >= 0.3 is 0 Å². The molecule has 0 aliphatic carbocycles. The van der Waals surface area contributed by atoms with Crippen molar-refractivity contribution in [1.82, 2.24) is 0 Å². The SMILES string of the molecule is CCO/C(=C(/OCC)c1ccc(-c2ccc(C)s2)s1)c1ccc(C)s1. The Morgan fingerprint density at radius 1 is 0.680 bits per heavy atom. The maximum Gasteiger partial charge on any atom is 0.179 e. The summed E-state index contributed by atoms with van der Waals surface area (Å²) in [7, 11) is 0. The van der Waals surface area contributed by atoms with Crippen LogP contribution in [0, 0.1) is 13.8 Å². The van der Waals surface area contributed by atoms with E-state index in [0.717, 1.165) is 21.3 Å². The first-order chi connectivity index (χ1) is 12.1. The van der Waals surface area contributed by atoms with Gasteiger partial charge in [-0.25, -0.2) is 0 Å². The molecule has 5 heteroatoms. The van der Waals surface area contributed by atoms with Crippen LogP contribution in [0.5, 0.6) is 0 Å². The van der Waals surface area contributed by atoms with Gasteiger partial charge in [0.1, 0.15) is 0 Å². The number of aryl methyl sites for hydroxylation is 2. The Hall–Kier alpha value is -1.56. The Balaban J connectivity index is 2.05. The molecule has 0 saturated heterocycles. The lowest BCUT2D eigenvalue weighted by molar-refractivity contribution is 0.262. The molecule has 132 valence electrons. The van der Waals surface area contributed by atoms with Crippen LogP contribution in [0.2, 0.25) is 0 Å². The minimum atomic E-state index is 0.613. The molecule has 0 aliphatic heterocycles. The minimum Gasteiger partial charge on any atom is -0.488 e. The van der Waals surface area contributed by atoms with E-state index in [1.807, 2.05) is 25.2 Å². The third-order valence-electron chi connectivity index (χ3n) is 3.56. The molecule has 3 aromatic heterocycles. The number of hydrogen-bond acceptors (Lipinski definition) is 5. The molecule has 0 N–H and O–H groups in total. The van der Waals surface area contributed by atoms with Crippen LogP contribution in [0.3, 0.4) is 0 Å². The molecule has 0 saturated carbocycles. The lowest BCUT2D eigenvalue weighted by atomic mass is 10.3. The van der Waals surface area contributed by atoms with E-state index >= 15 is 0 Å². The van der Waals surface area contributed by atoms with Crippen molar-refractivity contribution in [2.45, 2.75) is 27.7 Å². The molecule has 2 nitrogen and oxygen atoms in total. The van der Waals surface area contributed by atoms with Crippen molar-refractivity contribution in [3.63, 3.8) is 0 Å². The van der Waals surface area contributed by atoms with Crippen LogP contribution in [-0.4, -0.2) is 13.2 Å². The Morgan fingerprint density at radius 2 is 1.16 bits per heavy atom. The molecule has 3 rings (SSSR count). The van der Waals surface area contributed by atoms with Gasteiger partial charge in [0.25, 0.3) is 0 Å². The molecular weight excluding hydrogens is 368 g/mol. The summed E-state index contributed by atoms with van der Waals surface area (Å²) in [5, 5.41) is 0. The molecule has 0 unspecified atom stereocenters. The van der Waals surface area contributed by atoms with Gasteiger partial charge in [0, 0.05) is 19.5 Å². The zero-order valence-corrected chi connectivity index (χ0v) is 17.4. The minimum absolute atomic E-state index is 0.613. The summed E-state index contributed by atoms with van der Waals surface area (Å²) in [6.45, 7) is 9.51. The van der Waals surface area contributed by atoms with Gasteiger partial charge < -0.3 is 9.47 Å². The first kappa shape index (κ1) is 18.2. The highest BCUT2D eigenvalue weighted by Crippen LogP contribution is 2.39. The van der Waals surface area contributed by atoms with Crippen molar-refractivity contribution in [2.24, 2.45) is 0 Å². The summed E-state index contributed by atoms with van der Waals surface area (Å²) in [5.41, 5.74) is 0. The Labute approximate surface area is 161 Å². The van der Waals surface area contributed by atoms with E-state index in [-0.39, 0.29) is 0 Å². The summed E-state index contributed by atoms with van der Waals surface area (Å²) in [6.07, 6.45) is 0. The van der Waals surface area contributed by atoms with Crippen LogP contribution in [0.25, 0.3) is 21.3 Å². The maximum atomic E-state index is 6.04.